The number of rotatable bonds is 4. The average molecular weight is 272 g/mol. The minimum absolute atomic E-state index is 0.139. The highest BCUT2D eigenvalue weighted by atomic mass is 16.2. The number of fused-ring (bicyclic) bond motifs is 1. The summed E-state index contributed by atoms with van der Waals surface area (Å²) in [6.45, 7) is 2.99. The Morgan fingerprint density at radius 2 is 2.05 bits per heavy atom. The second-order valence-electron chi connectivity index (χ2n) is 6.12. The summed E-state index contributed by atoms with van der Waals surface area (Å²) >= 11 is 0. The van der Waals surface area contributed by atoms with Crippen molar-refractivity contribution in [3.63, 3.8) is 0 Å². The molecule has 1 amide bonds. The van der Waals surface area contributed by atoms with Crippen LogP contribution in [0, 0.1) is 5.92 Å². The van der Waals surface area contributed by atoms with Gasteiger partial charge in [-0.15, -0.1) is 0 Å². The van der Waals surface area contributed by atoms with Crippen molar-refractivity contribution in [3.05, 3.63) is 35.4 Å². The highest BCUT2D eigenvalue weighted by Crippen LogP contribution is 2.37. The van der Waals surface area contributed by atoms with E-state index in [0.29, 0.717) is 5.91 Å². The molecule has 20 heavy (non-hydrogen) atoms. The molecular weight excluding hydrogens is 248 g/mol. The lowest BCUT2D eigenvalue weighted by atomic mass is 9.76. The summed E-state index contributed by atoms with van der Waals surface area (Å²) < 4.78 is 0. The number of hydrogen-bond donors (Lipinski definition) is 1. The lowest BCUT2D eigenvalue weighted by Gasteiger charge is -2.37. The van der Waals surface area contributed by atoms with E-state index in [0.717, 1.165) is 32.0 Å². The van der Waals surface area contributed by atoms with E-state index in [-0.39, 0.29) is 5.92 Å². The minimum atomic E-state index is 0.139. The van der Waals surface area contributed by atoms with Gasteiger partial charge in [0.2, 0.25) is 5.91 Å². The maximum atomic E-state index is 12.6. The predicted octanol–water partition coefficient (Wildman–Crippen LogP) is 2.17. The maximum Gasteiger partial charge on any atom is 0.230 e. The number of benzene rings is 1. The van der Waals surface area contributed by atoms with Gasteiger partial charge in [-0.25, -0.2) is 0 Å². The van der Waals surface area contributed by atoms with Crippen molar-refractivity contribution < 1.29 is 4.79 Å². The van der Waals surface area contributed by atoms with Gasteiger partial charge in [-0.05, 0) is 56.3 Å². The fourth-order valence-corrected chi connectivity index (χ4v) is 3.49. The first-order valence-electron chi connectivity index (χ1n) is 7.80. The zero-order valence-corrected chi connectivity index (χ0v) is 12.3. The lowest BCUT2D eigenvalue weighted by Crippen LogP contribution is -2.43. The van der Waals surface area contributed by atoms with Crippen molar-refractivity contribution in [2.24, 2.45) is 5.92 Å². The van der Waals surface area contributed by atoms with Gasteiger partial charge in [-0.2, -0.15) is 0 Å². The Kier molecular flexibility index (Phi) is 4.06. The van der Waals surface area contributed by atoms with Crippen molar-refractivity contribution in [1.29, 1.82) is 0 Å². The number of carbonyl (C=O) groups is 1. The number of nitrogens with one attached hydrogen (secondary N) is 1. The molecule has 1 saturated heterocycles. The molecular formula is C17H24N2O. The molecule has 0 aromatic heterocycles. The van der Waals surface area contributed by atoms with Crippen LogP contribution in [0.3, 0.4) is 0 Å². The van der Waals surface area contributed by atoms with E-state index >= 15 is 0 Å². The molecule has 1 aliphatic heterocycles. The smallest absolute Gasteiger partial charge is 0.230 e. The first kappa shape index (κ1) is 13.6. The molecule has 1 aromatic carbocycles. The Balaban J connectivity index is 1.53. The molecule has 0 saturated carbocycles. The third kappa shape index (κ3) is 2.59. The van der Waals surface area contributed by atoms with E-state index < -0.39 is 0 Å². The van der Waals surface area contributed by atoms with Crippen LogP contribution >= 0.6 is 0 Å². The summed E-state index contributed by atoms with van der Waals surface area (Å²) in [7, 11) is 2.01. The SMILES string of the molecule is CNCCC1CCN(C(=O)C2Cc3ccccc32)CC1. The predicted molar refractivity (Wildman–Crippen MR) is 80.7 cm³/mol. The van der Waals surface area contributed by atoms with Crippen LogP contribution < -0.4 is 5.32 Å². The summed E-state index contributed by atoms with van der Waals surface area (Å²) in [5, 5.41) is 3.22. The zero-order chi connectivity index (χ0) is 13.9. The molecule has 3 nitrogen and oxygen atoms in total. The molecule has 1 aliphatic carbocycles. The molecule has 108 valence electrons. The van der Waals surface area contributed by atoms with Crippen LogP contribution in [0.15, 0.2) is 24.3 Å². The van der Waals surface area contributed by atoms with E-state index in [1.807, 2.05) is 13.1 Å². The van der Waals surface area contributed by atoms with Crippen LogP contribution in [0.1, 0.15) is 36.3 Å². The van der Waals surface area contributed by atoms with E-state index in [1.165, 1.54) is 30.4 Å². The number of likely N-dealkylation sites (tertiary alicyclic amines) is 1. The van der Waals surface area contributed by atoms with Gasteiger partial charge >= 0.3 is 0 Å². The van der Waals surface area contributed by atoms with E-state index in [4.69, 9.17) is 0 Å². The average Bonchev–Trinajstić information content (AvgIpc) is 2.47. The summed E-state index contributed by atoms with van der Waals surface area (Å²) in [6.07, 6.45) is 4.52. The maximum absolute atomic E-state index is 12.6. The van der Waals surface area contributed by atoms with Crippen LogP contribution in [0.2, 0.25) is 0 Å². The number of hydrogen-bond acceptors (Lipinski definition) is 2. The number of carbonyl (C=O) groups excluding carboxylic acids is 1. The summed E-state index contributed by atoms with van der Waals surface area (Å²) in [5.74, 6) is 1.29. The molecule has 1 N–H and O–H groups in total. The van der Waals surface area contributed by atoms with Crippen molar-refractivity contribution in [2.75, 3.05) is 26.7 Å². The third-order valence-corrected chi connectivity index (χ3v) is 4.88. The van der Waals surface area contributed by atoms with Gasteiger partial charge in [0.15, 0.2) is 0 Å². The van der Waals surface area contributed by atoms with Gasteiger partial charge < -0.3 is 10.2 Å². The van der Waals surface area contributed by atoms with Crippen LogP contribution in [-0.2, 0) is 11.2 Å². The Morgan fingerprint density at radius 1 is 1.30 bits per heavy atom. The second-order valence-corrected chi connectivity index (χ2v) is 6.12. The molecule has 1 atom stereocenters. The van der Waals surface area contributed by atoms with Gasteiger partial charge in [0.05, 0.1) is 5.92 Å². The normalized spacial score (nSPS) is 22.2. The fraction of sp³-hybridized carbons (Fsp3) is 0.588. The molecule has 1 unspecified atom stereocenters. The molecule has 0 bridgehead atoms. The van der Waals surface area contributed by atoms with Crippen LogP contribution in [0.25, 0.3) is 0 Å². The molecule has 2 aliphatic rings. The van der Waals surface area contributed by atoms with Crippen molar-refractivity contribution in [3.8, 4) is 0 Å². The molecule has 0 radical (unpaired) electrons. The zero-order valence-electron chi connectivity index (χ0n) is 12.3. The monoisotopic (exact) mass is 272 g/mol. The van der Waals surface area contributed by atoms with Crippen LogP contribution in [0.4, 0.5) is 0 Å². The highest BCUT2D eigenvalue weighted by molar-refractivity contribution is 5.87. The van der Waals surface area contributed by atoms with Crippen molar-refractivity contribution >= 4 is 5.91 Å². The minimum Gasteiger partial charge on any atom is -0.342 e. The molecule has 3 heteroatoms. The lowest BCUT2D eigenvalue weighted by molar-refractivity contribution is -0.134. The summed E-state index contributed by atoms with van der Waals surface area (Å²) in [4.78, 5) is 14.7. The van der Waals surface area contributed by atoms with Gasteiger partial charge in [0, 0.05) is 13.1 Å². The molecule has 1 heterocycles. The number of piperidine rings is 1. The Bertz CT molecular complexity index is 478. The fourth-order valence-electron chi connectivity index (χ4n) is 3.49. The molecule has 1 aromatic rings. The van der Waals surface area contributed by atoms with E-state index in [9.17, 15) is 4.79 Å². The molecule has 0 spiro atoms. The summed E-state index contributed by atoms with van der Waals surface area (Å²) in [6, 6.07) is 8.36. The third-order valence-electron chi connectivity index (χ3n) is 4.88. The van der Waals surface area contributed by atoms with Gasteiger partial charge in [0.1, 0.15) is 0 Å². The van der Waals surface area contributed by atoms with Crippen LogP contribution in [-0.4, -0.2) is 37.5 Å². The van der Waals surface area contributed by atoms with Gasteiger partial charge in [-0.3, -0.25) is 4.79 Å². The number of nitrogens with zero attached hydrogens (tertiary/aromatic N) is 1. The molecule has 1 fully saturated rings. The first-order valence-corrected chi connectivity index (χ1v) is 7.80. The first-order chi connectivity index (χ1) is 9.79. The van der Waals surface area contributed by atoms with E-state index in [1.54, 1.807) is 0 Å². The topological polar surface area (TPSA) is 32.3 Å². The van der Waals surface area contributed by atoms with E-state index in [2.05, 4.69) is 28.4 Å². The molecule has 3 rings (SSSR count). The van der Waals surface area contributed by atoms with Gasteiger partial charge in [0.25, 0.3) is 0 Å². The van der Waals surface area contributed by atoms with Crippen molar-refractivity contribution in [1.82, 2.24) is 10.2 Å². The Labute approximate surface area is 121 Å². The second kappa shape index (κ2) is 5.96. The quantitative estimate of drug-likeness (QED) is 0.911. The highest BCUT2D eigenvalue weighted by Gasteiger charge is 2.35. The summed E-state index contributed by atoms with van der Waals surface area (Å²) in [5.41, 5.74) is 2.62. The number of amides is 1. The van der Waals surface area contributed by atoms with Crippen molar-refractivity contribution in [2.45, 2.75) is 31.6 Å². The van der Waals surface area contributed by atoms with Crippen LogP contribution in [0.5, 0.6) is 0 Å². The Hall–Kier alpha value is -1.35. The largest absolute Gasteiger partial charge is 0.342 e. The van der Waals surface area contributed by atoms with Gasteiger partial charge in [-0.1, -0.05) is 24.3 Å². The Morgan fingerprint density at radius 3 is 2.75 bits per heavy atom. The standard InChI is InChI=1S/C17H24N2O/c1-18-9-6-13-7-10-19(11-8-13)17(20)16-12-14-4-2-3-5-15(14)16/h2-5,13,16,18H,6-12H2,1H3.